The number of methoxy groups -OCH3 is 1. The molecule has 0 amide bonds. The van der Waals surface area contributed by atoms with E-state index in [-0.39, 0.29) is 5.75 Å². The van der Waals surface area contributed by atoms with Gasteiger partial charge < -0.3 is 29.9 Å². The molecule has 244 valence electrons. The van der Waals surface area contributed by atoms with Crippen molar-refractivity contribution in [3.8, 4) is 34.1 Å². The number of halogens is 6. The second-order valence-corrected chi connectivity index (χ2v) is 10.1. The van der Waals surface area contributed by atoms with Crippen molar-refractivity contribution in [2.75, 3.05) is 45.2 Å². The number of alkyl halides is 6. The molecule has 2 aromatic heterocycles. The van der Waals surface area contributed by atoms with Gasteiger partial charge >= 0.3 is 24.3 Å². The van der Waals surface area contributed by atoms with E-state index in [1.807, 2.05) is 6.07 Å². The number of carboxylic acids is 2. The minimum atomic E-state index is -5.08. The highest BCUT2D eigenvalue weighted by Gasteiger charge is 2.45. The first-order chi connectivity index (χ1) is 20.9. The zero-order valence-corrected chi connectivity index (χ0v) is 23.7. The number of likely N-dealkylation sites (tertiary alicyclic amines) is 1. The largest absolute Gasteiger partial charge is 0.507 e. The molecule has 3 N–H and O–H groups in total. The molecule has 13 nitrogen and oxygen atoms in total. The number of carboxylic acid groups (broad SMARTS) is 2. The number of aromatic nitrogens is 5. The molecule has 3 aromatic rings. The third-order valence-electron chi connectivity index (χ3n) is 6.84. The van der Waals surface area contributed by atoms with Crippen LogP contribution in [0.2, 0.25) is 0 Å². The number of carbonyl (C=O) groups is 2. The number of benzene rings is 1. The number of ether oxygens (including phenoxy) is 1. The summed E-state index contributed by atoms with van der Waals surface area (Å²) in [5.41, 5.74) is 2.93. The SMILES string of the molecule is COc1cc(-c2ccc(-c3cnc(N4CC5(CCN(C)CC5)C4)nn3)c(O)c2)ncn1.O=C(O)C(F)(F)F.O=C(O)C(F)(F)F. The molecule has 19 heteroatoms. The molecule has 0 atom stereocenters. The summed E-state index contributed by atoms with van der Waals surface area (Å²) in [6.45, 7) is 4.29. The summed E-state index contributed by atoms with van der Waals surface area (Å²) in [6, 6.07) is 7.02. The number of phenolic OH excluding ortho intramolecular Hbond substituents is 1. The lowest BCUT2D eigenvalue weighted by molar-refractivity contribution is -0.193. The minimum absolute atomic E-state index is 0.0909. The Morgan fingerprint density at radius 2 is 1.47 bits per heavy atom. The van der Waals surface area contributed by atoms with Crippen LogP contribution in [0.5, 0.6) is 11.6 Å². The Bertz CT molecular complexity index is 1450. The highest BCUT2D eigenvalue weighted by Crippen LogP contribution is 2.41. The van der Waals surface area contributed by atoms with Crippen LogP contribution in [-0.4, -0.2) is 110 Å². The van der Waals surface area contributed by atoms with E-state index in [2.05, 4.69) is 42.0 Å². The van der Waals surface area contributed by atoms with E-state index in [0.717, 1.165) is 31.7 Å². The maximum absolute atomic E-state index is 10.6. The lowest BCUT2D eigenvalue weighted by Gasteiger charge is -2.53. The normalized spacial score (nSPS) is 16.0. The number of hydrogen-bond acceptors (Lipinski definition) is 11. The van der Waals surface area contributed by atoms with Crippen LogP contribution in [0.1, 0.15) is 12.8 Å². The number of piperidine rings is 1. The van der Waals surface area contributed by atoms with E-state index in [0.29, 0.717) is 34.2 Å². The van der Waals surface area contributed by atoms with Crippen molar-refractivity contribution in [2.45, 2.75) is 25.2 Å². The van der Waals surface area contributed by atoms with Crippen molar-refractivity contribution >= 4 is 17.9 Å². The van der Waals surface area contributed by atoms with Gasteiger partial charge in [0.15, 0.2) is 0 Å². The fraction of sp³-hybridized carbons (Fsp3) is 0.423. The Morgan fingerprint density at radius 1 is 0.889 bits per heavy atom. The third-order valence-corrected chi connectivity index (χ3v) is 6.84. The molecule has 0 saturated carbocycles. The molecule has 2 saturated heterocycles. The summed E-state index contributed by atoms with van der Waals surface area (Å²) < 4.78 is 68.6. The fourth-order valence-corrected chi connectivity index (χ4v) is 4.37. The van der Waals surface area contributed by atoms with Crippen molar-refractivity contribution in [1.82, 2.24) is 30.0 Å². The lowest BCUT2D eigenvalue weighted by Crippen LogP contribution is -2.60. The third kappa shape index (κ3) is 9.34. The molecule has 1 aromatic carbocycles. The van der Waals surface area contributed by atoms with Crippen molar-refractivity contribution in [3.63, 3.8) is 0 Å². The molecule has 2 aliphatic heterocycles. The van der Waals surface area contributed by atoms with E-state index < -0.39 is 24.3 Å². The Hall–Kier alpha value is -4.81. The van der Waals surface area contributed by atoms with Gasteiger partial charge in [-0.2, -0.15) is 26.3 Å². The fourth-order valence-electron chi connectivity index (χ4n) is 4.37. The van der Waals surface area contributed by atoms with Gasteiger partial charge in [0.25, 0.3) is 0 Å². The standard InChI is InChI=1S/C22H25N7O2.2C2HF3O2/c1-28-7-5-22(6-8-28)12-29(13-22)21-23-11-18(26-27-21)16-4-3-15(9-19(16)30)17-10-20(31-2)25-14-24-17;2*3-2(4,5)1(6)7/h3-4,9-11,14,30H,5-8,12-13H2,1-2H3;2*(H,6,7). The molecule has 0 radical (unpaired) electrons. The van der Waals surface area contributed by atoms with Gasteiger partial charge in [0.05, 0.1) is 19.0 Å². The second kappa shape index (κ2) is 13.9. The molecule has 4 heterocycles. The minimum Gasteiger partial charge on any atom is -0.507 e. The van der Waals surface area contributed by atoms with E-state index in [1.165, 1.54) is 19.2 Å². The number of phenols is 1. The number of aromatic hydroxyl groups is 1. The summed E-state index contributed by atoms with van der Waals surface area (Å²) in [7, 11) is 3.73. The number of nitrogens with zero attached hydrogens (tertiary/aromatic N) is 7. The Balaban J connectivity index is 0.000000331. The van der Waals surface area contributed by atoms with Crippen LogP contribution in [0, 0.1) is 5.41 Å². The van der Waals surface area contributed by atoms with Crippen LogP contribution in [0.25, 0.3) is 22.5 Å². The summed E-state index contributed by atoms with van der Waals surface area (Å²) in [4.78, 5) is 35.1. The number of rotatable bonds is 4. The highest BCUT2D eigenvalue weighted by atomic mass is 19.4. The smallest absolute Gasteiger partial charge is 0.490 e. The highest BCUT2D eigenvalue weighted by molar-refractivity contribution is 5.74. The topological polar surface area (TPSA) is 175 Å². The molecule has 0 bridgehead atoms. The molecule has 5 rings (SSSR count). The maximum Gasteiger partial charge on any atom is 0.490 e. The van der Waals surface area contributed by atoms with Gasteiger partial charge in [-0.3, -0.25) is 0 Å². The molecule has 45 heavy (non-hydrogen) atoms. The first kappa shape index (κ1) is 34.7. The molecular formula is C26H27F6N7O6. The quantitative estimate of drug-likeness (QED) is 0.351. The first-order valence-electron chi connectivity index (χ1n) is 12.9. The van der Waals surface area contributed by atoms with E-state index in [4.69, 9.17) is 24.5 Å². The Morgan fingerprint density at radius 3 is 1.93 bits per heavy atom. The van der Waals surface area contributed by atoms with Gasteiger partial charge in [-0.15, -0.1) is 10.2 Å². The molecule has 2 aliphatic rings. The molecule has 2 fully saturated rings. The lowest BCUT2D eigenvalue weighted by atomic mass is 9.72. The molecule has 1 spiro atoms. The zero-order chi connectivity index (χ0) is 33.6. The van der Waals surface area contributed by atoms with Crippen molar-refractivity contribution in [3.05, 3.63) is 36.8 Å². The summed E-state index contributed by atoms with van der Waals surface area (Å²) in [6.07, 6.45) is -4.61. The van der Waals surface area contributed by atoms with Crippen molar-refractivity contribution in [1.29, 1.82) is 0 Å². The first-order valence-corrected chi connectivity index (χ1v) is 12.9. The van der Waals surface area contributed by atoms with Crippen LogP contribution < -0.4 is 9.64 Å². The average molecular weight is 648 g/mol. The summed E-state index contributed by atoms with van der Waals surface area (Å²) in [5, 5.41) is 33.5. The van der Waals surface area contributed by atoms with Gasteiger partial charge in [0.1, 0.15) is 17.8 Å². The van der Waals surface area contributed by atoms with Crippen molar-refractivity contribution < 1.29 is 56.0 Å². The van der Waals surface area contributed by atoms with E-state index in [1.54, 1.807) is 31.5 Å². The summed E-state index contributed by atoms with van der Waals surface area (Å²) >= 11 is 0. The van der Waals surface area contributed by atoms with Gasteiger partial charge in [-0.25, -0.2) is 24.5 Å². The molecule has 0 unspecified atom stereocenters. The van der Waals surface area contributed by atoms with Gasteiger partial charge in [0.2, 0.25) is 11.8 Å². The van der Waals surface area contributed by atoms with E-state index >= 15 is 0 Å². The maximum atomic E-state index is 10.6. The Labute approximate surface area is 251 Å². The monoisotopic (exact) mass is 647 g/mol. The molecule has 0 aliphatic carbocycles. The van der Waals surface area contributed by atoms with Crippen LogP contribution in [0.4, 0.5) is 32.3 Å². The zero-order valence-electron chi connectivity index (χ0n) is 23.7. The van der Waals surface area contributed by atoms with Gasteiger partial charge in [0, 0.05) is 35.7 Å². The van der Waals surface area contributed by atoms with Crippen LogP contribution in [0.3, 0.4) is 0 Å². The summed E-state index contributed by atoms with van der Waals surface area (Å²) in [5.74, 6) is -4.31. The van der Waals surface area contributed by atoms with Crippen molar-refractivity contribution in [2.24, 2.45) is 5.41 Å². The second-order valence-electron chi connectivity index (χ2n) is 10.1. The van der Waals surface area contributed by atoms with Gasteiger partial charge in [-0.05, 0) is 45.1 Å². The van der Waals surface area contributed by atoms with Crippen LogP contribution in [0.15, 0.2) is 36.8 Å². The number of aliphatic carboxylic acids is 2. The number of hydrogen-bond donors (Lipinski definition) is 3. The predicted octanol–water partition coefficient (Wildman–Crippen LogP) is 3.51. The van der Waals surface area contributed by atoms with Crippen LogP contribution >= 0.6 is 0 Å². The Kier molecular flexibility index (Phi) is 10.7. The number of anilines is 1. The molecular weight excluding hydrogens is 620 g/mol. The average Bonchev–Trinajstić information content (AvgIpc) is 2.96. The van der Waals surface area contributed by atoms with Gasteiger partial charge in [-0.1, -0.05) is 6.07 Å². The predicted molar refractivity (Wildman–Crippen MR) is 143 cm³/mol. The van der Waals surface area contributed by atoms with Crippen LogP contribution in [-0.2, 0) is 9.59 Å². The van der Waals surface area contributed by atoms with E-state index in [9.17, 15) is 31.4 Å².